The van der Waals surface area contributed by atoms with Gasteiger partial charge < -0.3 is 9.47 Å². The summed E-state index contributed by atoms with van der Waals surface area (Å²) < 4.78 is 47.3. The van der Waals surface area contributed by atoms with Crippen molar-refractivity contribution >= 4 is 5.97 Å². The van der Waals surface area contributed by atoms with Gasteiger partial charge in [-0.05, 0) is 24.3 Å². The Kier molecular flexibility index (Phi) is 5.64. The van der Waals surface area contributed by atoms with Crippen molar-refractivity contribution in [2.24, 2.45) is 0 Å². The number of benzene rings is 1. The number of esters is 1. The summed E-state index contributed by atoms with van der Waals surface area (Å²) >= 11 is 0. The number of ether oxygens (including phenoxy) is 2. The largest absolute Gasteiger partial charge is 0.467 e. The van der Waals surface area contributed by atoms with Crippen molar-refractivity contribution in [2.75, 3.05) is 33.4 Å². The van der Waals surface area contributed by atoms with Gasteiger partial charge in [0.2, 0.25) is 0 Å². The Morgan fingerprint density at radius 3 is 2.70 bits per heavy atom. The molecule has 0 saturated carbocycles. The first kappa shape index (κ1) is 17.3. The highest BCUT2D eigenvalue weighted by molar-refractivity contribution is 5.74. The monoisotopic (exact) mass is 327 g/mol. The van der Waals surface area contributed by atoms with Crippen molar-refractivity contribution in [1.29, 1.82) is 0 Å². The van der Waals surface area contributed by atoms with Gasteiger partial charge in [-0.1, -0.05) is 11.8 Å². The molecule has 1 saturated heterocycles. The molecule has 0 radical (unpaired) electrons. The SMILES string of the molecule is COC(=O)[C@@H]1CN(CC#Cc2ccc(C(F)(F)F)cc2)CCO1. The van der Waals surface area contributed by atoms with E-state index in [-0.39, 0.29) is 0 Å². The molecule has 0 unspecified atom stereocenters. The predicted molar refractivity (Wildman–Crippen MR) is 76.5 cm³/mol. The molecule has 124 valence electrons. The van der Waals surface area contributed by atoms with Gasteiger partial charge in [0.25, 0.3) is 0 Å². The molecule has 23 heavy (non-hydrogen) atoms. The van der Waals surface area contributed by atoms with Crippen molar-refractivity contribution in [2.45, 2.75) is 12.3 Å². The van der Waals surface area contributed by atoms with Crippen LogP contribution in [0.1, 0.15) is 11.1 Å². The average molecular weight is 327 g/mol. The molecule has 1 aliphatic heterocycles. The fraction of sp³-hybridized carbons (Fsp3) is 0.438. The van der Waals surface area contributed by atoms with Crippen LogP contribution in [0.4, 0.5) is 13.2 Å². The summed E-state index contributed by atoms with van der Waals surface area (Å²) in [5, 5.41) is 0. The van der Waals surface area contributed by atoms with Gasteiger partial charge in [0.05, 0.1) is 25.8 Å². The number of morpholine rings is 1. The van der Waals surface area contributed by atoms with E-state index in [4.69, 9.17) is 4.74 Å². The Bertz CT molecular complexity index is 602. The number of hydrogen-bond donors (Lipinski definition) is 0. The zero-order valence-corrected chi connectivity index (χ0v) is 12.5. The highest BCUT2D eigenvalue weighted by atomic mass is 19.4. The molecule has 1 heterocycles. The standard InChI is InChI=1S/C16H16F3NO3/c1-22-15(21)14-11-20(9-10-23-14)8-2-3-12-4-6-13(7-5-12)16(17,18)19/h4-7,14H,8-11H2,1H3/t14-/m0/s1. The summed E-state index contributed by atoms with van der Waals surface area (Å²) in [7, 11) is 1.30. The lowest BCUT2D eigenvalue weighted by molar-refractivity contribution is -0.159. The highest BCUT2D eigenvalue weighted by Gasteiger charge is 2.30. The number of nitrogens with zero attached hydrogens (tertiary/aromatic N) is 1. The van der Waals surface area contributed by atoms with Crippen LogP contribution >= 0.6 is 0 Å². The van der Waals surface area contributed by atoms with Gasteiger partial charge >= 0.3 is 12.1 Å². The fourth-order valence-corrected chi connectivity index (χ4v) is 2.12. The maximum Gasteiger partial charge on any atom is 0.416 e. The number of methoxy groups -OCH3 is 1. The van der Waals surface area contributed by atoms with Gasteiger partial charge in [-0.25, -0.2) is 4.79 Å². The minimum absolute atomic E-state index is 0.383. The predicted octanol–water partition coefficient (Wildman–Crippen LogP) is 1.93. The van der Waals surface area contributed by atoms with Crippen LogP contribution in [-0.4, -0.2) is 50.3 Å². The van der Waals surface area contributed by atoms with Crippen LogP contribution in [-0.2, 0) is 20.4 Å². The lowest BCUT2D eigenvalue weighted by Crippen LogP contribution is -2.46. The molecule has 1 atom stereocenters. The number of rotatable bonds is 2. The molecule has 2 rings (SSSR count). The third-order valence-electron chi connectivity index (χ3n) is 3.36. The zero-order valence-electron chi connectivity index (χ0n) is 12.5. The molecule has 1 fully saturated rings. The quantitative estimate of drug-likeness (QED) is 0.615. The number of alkyl halides is 3. The van der Waals surface area contributed by atoms with Crippen molar-refractivity contribution in [1.82, 2.24) is 4.90 Å². The van der Waals surface area contributed by atoms with Crippen LogP contribution in [0.2, 0.25) is 0 Å². The third kappa shape index (κ3) is 4.98. The Hall–Kier alpha value is -2.04. The summed E-state index contributed by atoms with van der Waals surface area (Å²) in [6.07, 6.45) is -4.97. The van der Waals surface area contributed by atoms with Gasteiger partial charge in [-0.2, -0.15) is 13.2 Å². The van der Waals surface area contributed by atoms with E-state index in [9.17, 15) is 18.0 Å². The van der Waals surface area contributed by atoms with Crippen molar-refractivity contribution < 1.29 is 27.4 Å². The first-order chi connectivity index (χ1) is 10.9. The summed E-state index contributed by atoms with van der Waals surface area (Å²) in [6, 6.07) is 4.69. The normalized spacial score (nSPS) is 18.9. The van der Waals surface area contributed by atoms with E-state index in [0.29, 0.717) is 31.8 Å². The van der Waals surface area contributed by atoms with Crippen LogP contribution in [0.5, 0.6) is 0 Å². The smallest absolute Gasteiger partial charge is 0.416 e. The van der Waals surface area contributed by atoms with Gasteiger partial charge in [0.1, 0.15) is 0 Å². The molecule has 0 aliphatic carbocycles. The van der Waals surface area contributed by atoms with Gasteiger partial charge in [-0.3, -0.25) is 4.90 Å². The van der Waals surface area contributed by atoms with E-state index in [1.165, 1.54) is 19.2 Å². The van der Waals surface area contributed by atoms with Crippen LogP contribution < -0.4 is 0 Å². The topological polar surface area (TPSA) is 38.8 Å². The molecule has 1 aromatic rings. The van der Waals surface area contributed by atoms with Crippen LogP contribution in [0.15, 0.2) is 24.3 Å². The second kappa shape index (κ2) is 7.49. The Balaban J connectivity index is 1.91. The molecule has 1 aliphatic rings. The number of hydrogen-bond acceptors (Lipinski definition) is 4. The van der Waals surface area contributed by atoms with Crippen LogP contribution in [0, 0.1) is 11.8 Å². The van der Waals surface area contributed by atoms with E-state index in [2.05, 4.69) is 16.6 Å². The first-order valence-electron chi connectivity index (χ1n) is 6.98. The number of carbonyl (C=O) groups is 1. The maximum absolute atomic E-state index is 12.5. The fourth-order valence-electron chi connectivity index (χ4n) is 2.12. The summed E-state index contributed by atoms with van der Waals surface area (Å²) in [6.45, 7) is 1.82. The lowest BCUT2D eigenvalue weighted by atomic mass is 10.1. The summed E-state index contributed by atoms with van der Waals surface area (Å²) in [5.74, 6) is 5.28. The Morgan fingerprint density at radius 2 is 2.09 bits per heavy atom. The first-order valence-corrected chi connectivity index (χ1v) is 6.98. The van der Waals surface area contributed by atoms with Crippen LogP contribution in [0.25, 0.3) is 0 Å². The van der Waals surface area contributed by atoms with Gasteiger partial charge in [0, 0.05) is 18.7 Å². The second-order valence-corrected chi connectivity index (χ2v) is 4.99. The molecule has 0 spiro atoms. The Labute approximate surface area is 132 Å². The minimum Gasteiger partial charge on any atom is -0.467 e. The van der Waals surface area contributed by atoms with Crippen molar-refractivity contribution in [3.05, 3.63) is 35.4 Å². The molecular formula is C16H16F3NO3. The van der Waals surface area contributed by atoms with Gasteiger partial charge in [-0.15, -0.1) is 0 Å². The molecule has 0 bridgehead atoms. The molecular weight excluding hydrogens is 311 g/mol. The number of carbonyl (C=O) groups excluding carboxylic acids is 1. The van der Waals surface area contributed by atoms with E-state index in [1.807, 2.05) is 4.90 Å². The molecule has 0 N–H and O–H groups in total. The van der Waals surface area contributed by atoms with E-state index >= 15 is 0 Å². The summed E-state index contributed by atoms with van der Waals surface area (Å²) in [5.41, 5.74) is -0.187. The van der Waals surface area contributed by atoms with Gasteiger partial charge in [0.15, 0.2) is 6.10 Å². The molecule has 4 nitrogen and oxygen atoms in total. The molecule has 1 aromatic carbocycles. The average Bonchev–Trinajstić information content (AvgIpc) is 2.54. The van der Waals surface area contributed by atoms with E-state index in [1.54, 1.807) is 0 Å². The van der Waals surface area contributed by atoms with Crippen LogP contribution in [0.3, 0.4) is 0 Å². The molecule has 0 amide bonds. The maximum atomic E-state index is 12.5. The van der Waals surface area contributed by atoms with E-state index in [0.717, 1.165) is 12.1 Å². The highest BCUT2D eigenvalue weighted by Crippen LogP contribution is 2.28. The van der Waals surface area contributed by atoms with Crippen molar-refractivity contribution in [3.8, 4) is 11.8 Å². The minimum atomic E-state index is -4.34. The molecule has 7 heteroatoms. The summed E-state index contributed by atoms with van der Waals surface area (Å²) in [4.78, 5) is 13.4. The van der Waals surface area contributed by atoms with E-state index < -0.39 is 23.8 Å². The zero-order chi connectivity index (χ0) is 16.9. The van der Waals surface area contributed by atoms with Crippen molar-refractivity contribution in [3.63, 3.8) is 0 Å². The molecule has 0 aromatic heterocycles. The number of halogens is 3. The Morgan fingerprint density at radius 1 is 1.39 bits per heavy atom. The second-order valence-electron chi connectivity index (χ2n) is 4.99. The third-order valence-corrected chi connectivity index (χ3v) is 3.36. The lowest BCUT2D eigenvalue weighted by Gasteiger charge is -2.29.